The highest BCUT2D eigenvalue weighted by atomic mass is 32.2. The van der Waals surface area contributed by atoms with E-state index in [0.717, 1.165) is 13.0 Å². The van der Waals surface area contributed by atoms with Gasteiger partial charge in [0.2, 0.25) is 10.0 Å². The number of sulfonamides is 1. The number of rotatable bonds is 11. The highest BCUT2D eigenvalue weighted by molar-refractivity contribution is 7.89. The summed E-state index contributed by atoms with van der Waals surface area (Å²) in [5, 5.41) is 7.09. The Morgan fingerprint density at radius 1 is 1.35 bits per heavy atom. The Balaban J connectivity index is 2.42. The molecular formula is C12H24N4O3S. The molecule has 0 aliphatic rings. The number of hydrogen-bond acceptors (Lipinski definition) is 5. The molecule has 0 radical (unpaired) electrons. The van der Waals surface area contributed by atoms with Crippen molar-refractivity contribution in [2.24, 2.45) is 0 Å². The van der Waals surface area contributed by atoms with E-state index < -0.39 is 10.0 Å². The van der Waals surface area contributed by atoms with Gasteiger partial charge in [-0.3, -0.25) is 4.68 Å². The minimum atomic E-state index is -3.46. The molecule has 20 heavy (non-hydrogen) atoms. The summed E-state index contributed by atoms with van der Waals surface area (Å²) in [4.78, 5) is 0.207. The summed E-state index contributed by atoms with van der Waals surface area (Å²) in [5.74, 6) is 0. The van der Waals surface area contributed by atoms with Gasteiger partial charge in [-0.25, -0.2) is 13.1 Å². The molecule has 1 rings (SSSR count). The molecular weight excluding hydrogens is 280 g/mol. The quantitative estimate of drug-likeness (QED) is 0.570. The molecule has 0 unspecified atom stereocenters. The zero-order chi connectivity index (χ0) is 14.8. The van der Waals surface area contributed by atoms with Crippen molar-refractivity contribution in [3.8, 4) is 0 Å². The van der Waals surface area contributed by atoms with Crippen molar-refractivity contribution < 1.29 is 13.2 Å². The molecule has 0 amide bonds. The number of nitrogens with one attached hydrogen (secondary N) is 2. The average Bonchev–Trinajstić information content (AvgIpc) is 2.88. The molecule has 2 N–H and O–H groups in total. The first-order chi connectivity index (χ1) is 9.60. The third kappa shape index (κ3) is 6.00. The fourth-order valence-corrected chi connectivity index (χ4v) is 2.66. The second-order valence-corrected chi connectivity index (χ2v) is 6.11. The summed E-state index contributed by atoms with van der Waals surface area (Å²) in [7, 11) is -1.58. The van der Waals surface area contributed by atoms with Crippen LogP contribution in [0.2, 0.25) is 0 Å². The summed E-state index contributed by atoms with van der Waals surface area (Å²) in [5.41, 5.74) is 0. The van der Waals surface area contributed by atoms with Crippen LogP contribution in [-0.4, -0.2) is 51.5 Å². The molecule has 0 aliphatic heterocycles. The monoisotopic (exact) mass is 304 g/mol. The molecule has 0 atom stereocenters. The lowest BCUT2D eigenvalue weighted by atomic mass is 10.4. The Hall–Kier alpha value is -0.960. The summed E-state index contributed by atoms with van der Waals surface area (Å²) in [6.45, 7) is 5.05. The highest BCUT2D eigenvalue weighted by Crippen LogP contribution is 2.07. The van der Waals surface area contributed by atoms with Gasteiger partial charge >= 0.3 is 0 Å². The first-order valence-corrected chi connectivity index (χ1v) is 8.33. The normalized spacial score (nSPS) is 11.9. The molecule has 116 valence electrons. The fourth-order valence-electron chi connectivity index (χ4n) is 1.63. The molecule has 1 aromatic heterocycles. The van der Waals surface area contributed by atoms with Crippen LogP contribution >= 0.6 is 0 Å². The molecule has 0 saturated carbocycles. The van der Waals surface area contributed by atoms with Crippen LogP contribution in [0.4, 0.5) is 0 Å². The molecule has 8 heteroatoms. The maximum Gasteiger partial charge on any atom is 0.243 e. The first-order valence-electron chi connectivity index (χ1n) is 6.84. The maximum atomic E-state index is 12.0. The first kappa shape index (κ1) is 17.1. The predicted molar refractivity (Wildman–Crippen MR) is 77.1 cm³/mol. The smallest absolute Gasteiger partial charge is 0.243 e. The van der Waals surface area contributed by atoms with Crippen LogP contribution in [0.3, 0.4) is 0 Å². The number of aryl methyl sites for hydroxylation is 1. The van der Waals surface area contributed by atoms with Gasteiger partial charge in [0.25, 0.3) is 0 Å². The Bertz CT molecular complexity index is 473. The van der Waals surface area contributed by atoms with Crippen LogP contribution in [0.25, 0.3) is 0 Å². The van der Waals surface area contributed by atoms with Crippen LogP contribution in [0, 0.1) is 0 Å². The number of ether oxygens (including phenoxy) is 1. The number of hydrogen-bond donors (Lipinski definition) is 2. The summed E-state index contributed by atoms with van der Waals surface area (Å²) in [6, 6.07) is 0. The maximum absolute atomic E-state index is 12.0. The molecule has 0 saturated heterocycles. The molecule has 0 fully saturated rings. The van der Waals surface area contributed by atoms with Gasteiger partial charge in [-0.2, -0.15) is 5.10 Å². The minimum absolute atomic E-state index is 0.207. The van der Waals surface area contributed by atoms with Crippen molar-refractivity contribution in [3.63, 3.8) is 0 Å². The number of nitrogens with zero attached hydrogens (tertiary/aromatic N) is 2. The van der Waals surface area contributed by atoms with E-state index >= 15 is 0 Å². The van der Waals surface area contributed by atoms with Gasteiger partial charge in [-0.15, -0.1) is 0 Å². The predicted octanol–water partition coefficient (Wildman–Crippen LogP) is 0.198. The van der Waals surface area contributed by atoms with Gasteiger partial charge in [0, 0.05) is 32.5 Å². The van der Waals surface area contributed by atoms with Crippen molar-refractivity contribution in [1.82, 2.24) is 19.8 Å². The van der Waals surface area contributed by atoms with Crippen molar-refractivity contribution in [2.75, 3.05) is 33.4 Å². The van der Waals surface area contributed by atoms with E-state index in [2.05, 4.69) is 15.1 Å². The standard InChI is InChI=1S/C12H24N4O3S/c1-3-19-9-5-7-15-20(17,18)12-10-14-16(11-12)8-4-6-13-2/h10-11,13,15H,3-9H2,1-2H3. The highest BCUT2D eigenvalue weighted by Gasteiger charge is 2.15. The lowest BCUT2D eigenvalue weighted by Crippen LogP contribution is -2.25. The van der Waals surface area contributed by atoms with Gasteiger partial charge < -0.3 is 10.1 Å². The Labute approximate surface area is 120 Å². The third-order valence-electron chi connectivity index (χ3n) is 2.70. The van der Waals surface area contributed by atoms with E-state index in [0.29, 0.717) is 32.7 Å². The molecule has 0 spiro atoms. The zero-order valence-electron chi connectivity index (χ0n) is 12.1. The third-order valence-corrected chi connectivity index (χ3v) is 4.11. The van der Waals surface area contributed by atoms with E-state index in [1.54, 1.807) is 10.9 Å². The zero-order valence-corrected chi connectivity index (χ0v) is 12.9. The van der Waals surface area contributed by atoms with Gasteiger partial charge in [0.05, 0.1) is 6.20 Å². The summed E-state index contributed by atoms with van der Waals surface area (Å²) < 4.78 is 33.3. The van der Waals surface area contributed by atoms with Crippen molar-refractivity contribution >= 4 is 10.0 Å². The lowest BCUT2D eigenvalue weighted by molar-refractivity contribution is 0.146. The van der Waals surface area contributed by atoms with E-state index in [4.69, 9.17) is 4.74 Å². The van der Waals surface area contributed by atoms with Gasteiger partial charge in [-0.1, -0.05) is 0 Å². The topological polar surface area (TPSA) is 85.2 Å². The lowest BCUT2D eigenvalue weighted by Gasteiger charge is -2.04. The van der Waals surface area contributed by atoms with Crippen molar-refractivity contribution in [1.29, 1.82) is 0 Å². The van der Waals surface area contributed by atoms with Gasteiger partial charge in [-0.05, 0) is 33.4 Å². The van der Waals surface area contributed by atoms with Gasteiger partial charge in [0.1, 0.15) is 4.90 Å². The second kappa shape index (κ2) is 9.06. The van der Waals surface area contributed by atoms with Crippen LogP contribution < -0.4 is 10.0 Å². The van der Waals surface area contributed by atoms with E-state index in [9.17, 15) is 8.42 Å². The number of aromatic nitrogens is 2. The minimum Gasteiger partial charge on any atom is -0.382 e. The molecule has 1 heterocycles. The molecule has 1 aromatic rings. The largest absolute Gasteiger partial charge is 0.382 e. The van der Waals surface area contributed by atoms with Crippen molar-refractivity contribution in [3.05, 3.63) is 12.4 Å². The Morgan fingerprint density at radius 2 is 2.15 bits per heavy atom. The van der Waals surface area contributed by atoms with E-state index in [1.807, 2.05) is 14.0 Å². The Kier molecular flexibility index (Phi) is 7.75. The summed E-state index contributed by atoms with van der Waals surface area (Å²) >= 11 is 0. The van der Waals surface area contributed by atoms with E-state index in [1.165, 1.54) is 6.20 Å². The fraction of sp³-hybridized carbons (Fsp3) is 0.750. The van der Waals surface area contributed by atoms with Crippen LogP contribution in [0.1, 0.15) is 19.8 Å². The molecule has 0 aromatic carbocycles. The summed E-state index contributed by atoms with van der Waals surface area (Å²) in [6.07, 6.45) is 4.49. The van der Waals surface area contributed by atoms with Crippen LogP contribution in [0.15, 0.2) is 17.3 Å². The average molecular weight is 304 g/mol. The SMILES string of the molecule is CCOCCCNS(=O)(=O)c1cnn(CCCNC)c1. The van der Waals surface area contributed by atoms with Crippen LogP contribution in [-0.2, 0) is 21.3 Å². The molecule has 7 nitrogen and oxygen atoms in total. The molecule has 0 aliphatic carbocycles. The van der Waals surface area contributed by atoms with E-state index in [-0.39, 0.29) is 4.90 Å². The van der Waals surface area contributed by atoms with Gasteiger partial charge in [0.15, 0.2) is 0 Å². The van der Waals surface area contributed by atoms with Crippen molar-refractivity contribution in [2.45, 2.75) is 31.2 Å². The molecule has 0 bridgehead atoms. The Morgan fingerprint density at radius 3 is 2.85 bits per heavy atom. The van der Waals surface area contributed by atoms with Crippen LogP contribution in [0.5, 0.6) is 0 Å². The second-order valence-electron chi connectivity index (χ2n) is 4.34.